The van der Waals surface area contributed by atoms with Crippen molar-refractivity contribution < 1.29 is 4.92 Å². The average molecular weight is 387 g/mol. The fraction of sp³-hybridized carbons (Fsp3) is 0.412. The van der Waals surface area contributed by atoms with Crippen LogP contribution in [0.5, 0.6) is 0 Å². The minimum absolute atomic E-state index is 0.0306. The quantitative estimate of drug-likeness (QED) is 0.566. The molecule has 1 aromatic heterocycles. The Morgan fingerprint density at radius 3 is 2.85 bits per heavy atom. The van der Waals surface area contributed by atoms with Gasteiger partial charge in [-0.2, -0.15) is 0 Å². The minimum Gasteiger partial charge on any atom is -0.258 e. The van der Waals surface area contributed by atoms with E-state index in [1.807, 2.05) is 6.07 Å². The lowest BCUT2D eigenvalue weighted by Gasteiger charge is -2.28. The number of hydrogen-bond acceptors (Lipinski definition) is 7. The third-order valence-electron chi connectivity index (χ3n) is 5.13. The average Bonchev–Trinajstić information content (AvgIpc) is 3.33. The molecule has 0 bridgehead atoms. The fourth-order valence-corrected chi connectivity index (χ4v) is 6.11. The summed E-state index contributed by atoms with van der Waals surface area (Å²) in [5.41, 5.74) is 1.05. The number of hydrogen-bond donors (Lipinski definition) is 0. The Kier molecular flexibility index (Phi) is 3.93. The molecule has 1 fully saturated rings. The van der Waals surface area contributed by atoms with E-state index in [1.54, 1.807) is 35.7 Å². The van der Waals surface area contributed by atoms with E-state index >= 15 is 0 Å². The number of benzene rings is 1. The highest BCUT2D eigenvalue weighted by molar-refractivity contribution is 8.07. The standard InChI is InChI=1S/C17H17N5O2S2/c23-22(24)13-8-4-7-12(9-13)16-20-14(10-25-16)26-17-19-18-15(21(17)20)11-5-2-1-3-6-11/h4,7-11,16H,1-3,5-6H2. The predicted molar refractivity (Wildman–Crippen MR) is 101 cm³/mol. The second kappa shape index (κ2) is 6.31. The van der Waals surface area contributed by atoms with Crippen LogP contribution in [0.2, 0.25) is 0 Å². The van der Waals surface area contributed by atoms with Crippen LogP contribution < -0.4 is 5.01 Å². The molecule has 7 nitrogen and oxygen atoms in total. The van der Waals surface area contributed by atoms with Gasteiger partial charge in [0.1, 0.15) is 10.4 Å². The van der Waals surface area contributed by atoms with Crippen LogP contribution in [0.1, 0.15) is 54.8 Å². The van der Waals surface area contributed by atoms with Crippen LogP contribution in [-0.4, -0.2) is 19.8 Å². The topological polar surface area (TPSA) is 77.1 Å². The number of thioether (sulfide) groups is 2. The third-order valence-corrected chi connectivity index (χ3v) is 7.32. The third kappa shape index (κ3) is 2.52. The zero-order valence-corrected chi connectivity index (χ0v) is 15.6. The van der Waals surface area contributed by atoms with Gasteiger partial charge in [-0.1, -0.05) is 43.2 Å². The summed E-state index contributed by atoms with van der Waals surface area (Å²) in [5.74, 6) is 1.48. The highest BCUT2D eigenvalue weighted by Gasteiger charge is 2.41. The molecule has 9 heteroatoms. The van der Waals surface area contributed by atoms with Gasteiger partial charge >= 0.3 is 0 Å². The molecule has 26 heavy (non-hydrogen) atoms. The molecular weight excluding hydrogens is 370 g/mol. The molecule has 1 unspecified atom stereocenters. The summed E-state index contributed by atoms with van der Waals surface area (Å²) in [7, 11) is 0. The zero-order chi connectivity index (χ0) is 17.7. The molecule has 0 amide bonds. The van der Waals surface area contributed by atoms with Crippen LogP contribution in [0.25, 0.3) is 0 Å². The Hall–Kier alpha value is -2.00. The van der Waals surface area contributed by atoms with E-state index in [0.29, 0.717) is 5.92 Å². The summed E-state index contributed by atoms with van der Waals surface area (Å²) in [4.78, 5) is 10.8. The lowest BCUT2D eigenvalue weighted by Crippen LogP contribution is -2.31. The van der Waals surface area contributed by atoms with Crippen LogP contribution in [0.4, 0.5) is 5.69 Å². The molecule has 1 aliphatic carbocycles. The highest BCUT2D eigenvalue weighted by Crippen LogP contribution is 2.52. The second-order valence-corrected chi connectivity index (χ2v) is 8.67. The van der Waals surface area contributed by atoms with Gasteiger partial charge < -0.3 is 0 Å². The lowest BCUT2D eigenvalue weighted by molar-refractivity contribution is -0.384. The molecule has 1 saturated carbocycles. The maximum Gasteiger partial charge on any atom is 0.269 e. The molecular formula is C17H17N5O2S2. The molecule has 2 aromatic rings. The minimum atomic E-state index is -0.339. The van der Waals surface area contributed by atoms with Crippen LogP contribution in [0.3, 0.4) is 0 Å². The number of aromatic nitrogens is 3. The van der Waals surface area contributed by atoms with Crippen molar-refractivity contribution in [2.24, 2.45) is 0 Å². The number of nitro benzene ring substituents is 1. The number of non-ortho nitro benzene ring substituents is 1. The second-order valence-electron chi connectivity index (χ2n) is 6.73. The number of nitrogens with zero attached hydrogens (tertiary/aromatic N) is 5. The molecule has 1 atom stereocenters. The largest absolute Gasteiger partial charge is 0.269 e. The maximum absolute atomic E-state index is 11.2. The van der Waals surface area contributed by atoms with Crippen molar-refractivity contribution in [3.05, 3.63) is 56.2 Å². The van der Waals surface area contributed by atoms with Gasteiger partial charge in [0, 0.05) is 23.5 Å². The fourth-order valence-electron chi connectivity index (χ4n) is 3.89. The summed E-state index contributed by atoms with van der Waals surface area (Å²) in [6.45, 7) is 0. The van der Waals surface area contributed by atoms with Crippen molar-refractivity contribution in [2.45, 2.75) is 48.6 Å². The van der Waals surface area contributed by atoms with Crippen LogP contribution >= 0.6 is 23.5 Å². The van der Waals surface area contributed by atoms with Gasteiger partial charge in [-0.3, -0.25) is 15.1 Å². The Labute approximate surface area is 159 Å². The molecule has 1 aromatic carbocycles. The highest BCUT2D eigenvalue weighted by atomic mass is 32.2. The monoisotopic (exact) mass is 387 g/mol. The first-order chi connectivity index (χ1) is 12.7. The predicted octanol–water partition coefficient (Wildman–Crippen LogP) is 4.52. The van der Waals surface area contributed by atoms with E-state index in [4.69, 9.17) is 0 Å². The van der Waals surface area contributed by atoms with Crippen molar-refractivity contribution in [1.29, 1.82) is 0 Å². The molecule has 0 spiro atoms. The van der Waals surface area contributed by atoms with Gasteiger partial charge in [0.2, 0.25) is 5.16 Å². The Balaban J connectivity index is 1.52. The smallest absolute Gasteiger partial charge is 0.258 e. The molecule has 3 heterocycles. The first kappa shape index (κ1) is 16.2. The molecule has 134 valence electrons. The van der Waals surface area contributed by atoms with Crippen molar-refractivity contribution >= 4 is 29.2 Å². The first-order valence-corrected chi connectivity index (χ1v) is 10.5. The summed E-state index contributed by atoms with van der Waals surface area (Å²) < 4.78 is 2.15. The molecule has 5 rings (SSSR count). The summed E-state index contributed by atoms with van der Waals surface area (Å²) >= 11 is 3.30. The Bertz CT molecular complexity index is 906. The number of rotatable bonds is 3. The van der Waals surface area contributed by atoms with E-state index in [2.05, 4.69) is 25.3 Å². The van der Waals surface area contributed by atoms with Crippen LogP contribution in [0.15, 0.2) is 39.9 Å². The molecule has 0 N–H and O–H groups in total. The Morgan fingerprint density at radius 1 is 1.19 bits per heavy atom. The van der Waals surface area contributed by atoms with Crippen LogP contribution in [-0.2, 0) is 0 Å². The lowest BCUT2D eigenvalue weighted by atomic mass is 9.89. The van der Waals surface area contributed by atoms with Crippen molar-refractivity contribution in [2.75, 3.05) is 5.01 Å². The van der Waals surface area contributed by atoms with Gasteiger partial charge in [-0.25, -0.2) is 4.68 Å². The van der Waals surface area contributed by atoms with E-state index in [9.17, 15) is 10.1 Å². The van der Waals surface area contributed by atoms with Gasteiger partial charge in [0.05, 0.1) is 4.92 Å². The van der Waals surface area contributed by atoms with Gasteiger partial charge in [-0.05, 0) is 30.2 Å². The summed E-state index contributed by atoms with van der Waals surface area (Å²) in [6, 6.07) is 6.91. The van der Waals surface area contributed by atoms with E-state index in [0.717, 1.165) is 34.4 Å². The normalized spacial score (nSPS) is 22.2. The van der Waals surface area contributed by atoms with Gasteiger partial charge in [0.25, 0.3) is 5.69 Å². The van der Waals surface area contributed by atoms with Crippen molar-refractivity contribution in [1.82, 2.24) is 14.9 Å². The number of nitro groups is 1. The van der Waals surface area contributed by atoms with Crippen molar-refractivity contribution in [3.63, 3.8) is 0 Å². The number of fused-ring (bicyclic) bond motifs is 3. The molecule has 3 aliphatic rings. The van der Waals surface area contributed by atoms with Crippen LogP contribution in [0, 0.1) is 10.1 Å². The van der Waals surface area contributed by atoms with E-state index in [1.165, 1.54) is 25.3 Å². The van der Waals surface area contributed by atoms with E-state index < -0.39 is 0 Å². The van der Waals surface area contributed by atoms with Gasteiger partial charge in [-0.15, -0.1) is 10.2 Å². The SMILES string of the molecule is O=[N+]([O-])c1cccc(C2SC=C3Sc4nnc(C5CCCCC5)n4N32)c1. The van der Waals surface area contributed by atoms with Gasteiger partial charge in [0.15, 0.2) is 5.82 Å². The maximum atomic E-state index is 11.2. The molecule has 2 aliphatic heterocycles. The summed E-state index contributed by atoms with van der Waals surface area (Å²) in [5, 5.41) is 26.4. The molecule has 0 radical (unpaired) electrons. The molecule has 0 saturated heterocycles. The first-order valence-electron chi connectivity index (χ1n) is 8.75. The zero-order valence-electron chi connectivity index (χ0n) is 13.9. The van der Waals surface area contributed by atoms with Crippen molar-refractivity contribution in [3.8, 4) is 0 Å². The van der Waals surface area contributed by atoms with E-state index in [-0.39, 0.29) is 16.0 Å². The Morgan fingerprint density at radius 2 is 2.04 bits per heavy atom. The summed E-state index contributed by atoms with van der Waals surface area (Å²) in [6.07, 6.45) is 6.10.